The summed E-state index contributed by atoms with van der Waals surface area (Å²) in [6.45, 7) is 1.95. The van der Waals surface area contributed by atoms with Crippen molar-refractivity contribution in [2.75, 3.05) is 20.8 Å². The molecule has 1 aromatic heterocycles. The molecule has 144 valence electrons. The van der Waals surface area contributed by atoms with Crippen LogP contribution in [0.2, 0.25) is 0 Å². The number of hydrogen-bond acceptors (Lipinski definition) is 5. The van der Waals surface area contributed by atoms with Gasteiger partial charge in [-0.2, -0.15) is 0 Å². The Morgan fingerprint density at radius 1 is 1.41 bits per heavy atom. The minimum Gasteiger partial charge on any atom is -0.496 e. The number of amides is 2. The molecule has 0 aliphatic carbocycles. The number of nitrogens with zero attached hydrogens (tertiary/aromatic N) is 1. The summed E-state index contributed by atoms with van der Waals surface area (Å²) in [6.07, 6.45) is 0.583. The summed E-state index contributed by atoms with van der Waals surface area (Å²) in [4.78, 5) is 27.9. The third kappa shape index (κ3) is 3.51. The van der Waals surface area contributed by atoms with Gasteiger partial charge in [-0.05, 0) is 30.0 Å². The molecule has 1 aliphatic heterocycles. The van der Waals surface area contributed by atoms with Crippen LogP contribution in [0.1, 0.15) is 23.7 Å². The van der Waals surface area contributed by atoms with E-state index in [-0.39, 0.29) is 12.5 Å². The fraction of sp³-hybridized carbons (Fsp3) is 0.421. The first-order valence-corrected chi connectivity index (χ1v) is 8.76. The Balaban J connectivity index is 1.89. The maximum Gasteiger partial charge on any atom is 0.255 e. The van der Waals surface area contributed by atoms with E-state index < -0.39 is 24.0 Å². The Morgan fingerprint density at radius 2 is 2.19 bits per heavy atom. The Morgan fingerprint density at radius 3 is 2.85 bits per heavy atom. The van der Waals surface area contributed by atoms with Crippen molar-refractivity contribution in [2.24, 2.45) is 5.92 Å². The van der Waals surface area contributed by atoms with Crippen LogP contribution >= 0.6 is 0 Å². The quantitative estimate of drug-likeness (QED) is 0.804. The summed E-state index contributed by atoms with van der Waals surface area (Å²) in [5, 5.41) is 6.63. The number of fused-ring (bicyclic) bond motifs is 1. The molecular weight excluding hydrogens is 353 g/mol. The molecular formula is C19H22FN3O4. The average Bonchev–Trinajstić information content (AvgIpc) is 2.97. The molecule has 0 bridgehead atoms. The number of ether oxygens (including phenoxy) is 2. The van der Waals surface area contributed by atoms with Crippen LogP contribution in [0, 0.1) is 5.92 Å². The minimum atomic E-state index is -1.51. The van der Waals surface area contributed by atoms with Crippen molar-refractivity contribution >= 4 is 22.6 Å². The molecule has 1 aliphatic rings. The Hall–Kier alpha value is -2.90. The highest BCUT2D eigenvalue weighted by Gasteiger charge is 2.41. The normalized spacial score (nSPS) is 21.8. The maximum absolute atomic E-state index is 13.9. The number of benzene rings is 1. The lowest BCUT2D eigenvalue weighted by molar-refractivity contribution is -0.123. The SMILES string of the molecule is CC[C@@H]1[C@H](F)C(=O)N[C@@H]1COc1nccc2cc(C(=O)NC)c(OC)cc12. The van der Waals surface area contributed by atoms with Gasteiger partial charge in [0.05, 0.1) is 18.7 Å². The molecule has 0 saturated carbocycles. The van der Waals surface area contributed by atoms with Crippen LogP contribution in [0.25, 0.3) is 10.8 Å². The lowest BCUT2D eigenvalue weighted by Crippen LogP contribution is -2.34. The summed E-state index contributed by atoms with van der Waals surface area (Å²) in [7, 11) is 3.02. The monoisotopic (exact) mass is 375 g/mol. The molecule has 2 amide bonds. The number of rotatable bonds is 6. The van der Waals surface area contributed by atoms with Crippen molar-refractivity contribution in [1.29, 1.82) is 0 Å². The Bertz CT molecular complexity index is 873. The molecule has 0 spiro atoms. The average molecular weight is 375 g/mol. The van der Waals surface area contributed by atoms with Gasteiger partial charge in [0, 0.05) is 24.5 Å². The van der Waals surface area contributed by atoms with Crippen molar-refractivity contribution in [3.05, 3.63) is 30.0 Å². The zero-order valence-corrected chi connectivity index (χ0v) is 15.4. The van der Waals surface area contributed by atoms with E-state index in [0.29, 0.717) is 29.0 Å². The lowest BCUT2D eigenvalue weighted by atomic mass is 9.97. The van der Waals surface area contributed by atoms with Crippen molar-refractivity contribution in [3.63, 3.8) is 0 Å². The van der Waals surface area contributed by atoms with Gasteiger partial charge in [-0.25, -0.2) is 9.37 Å². The largest absolute Gasteiger partial charge is 0.496 e. The third-order valence-corrected chi connectivity index (χ3v) is 4.86. The molecule has 0 unspecified atom stereocenters. The Labute approximate surface area is 156 Å². The van der Waals surface area contributed by atoms with Crippen molar-refractivity contribution in [2.45, 2.75) is 25.6 Å². The first-order valence-electron chi connectivity index (χ1n) is 8.76. The molecule has 2 aromatic rings. The van der Waals surface area contributed by atoms with Gasteiger partial charge in [-0.1, -0.05) is 6.92 Å². The van der Waals surface area contributed by atoms with E-state index in [9.17, 15) is 14.0 Å². The molecule has 3 rings (SSSR count). The van der Waals surface area contributed by atoms with Gasteiger partial charge in [-0.3, -0.25) is 9.59 Å². The van der Waals surface area contributed by atoms with Gasteiger partial charge in [0.25, 0.3) is 11.8 Å². The molecule has 7 nitrogen and oxygen atoms in total. The second-order valence-corrected chi connectivity index (χ2v) is 6.37. The number of halogens is 1. The number of alkyl halides is 1. The van der Waals surface area contributed by atoms with E-state index in [2.05, 4.69) is 15.6 Å². The van der Waals surface area contributed by atoms with Gasteiger partial charge in [0.2, 0.25) is 5.88 Å². The molecule has 2 heterocycles. The number of methoxy groups -OCH3 is 1. The van der Waals surface area contributed by atoms with E-state index >= 15 is 0 Å². The zero-order valence-electron chi connectivity index (χ0n) is 15.4. The van der Waals surface area contributed by atoms with Crippen molar-refractivity contribution < 1.29 is 23.5 Å². The van der Waals surface area contributed by atoms with E-state index in [1.807, 2.05) is 6.92 Å². The van der Waals surface area contributed by atoms with Crippen LogP contribution in [0.15, 0.2) is 24.4 Å². The van der Waals surface area contributed by atoms with Crippen LogP contribution in [0.3, 0.4) is 0 Å². The standard InChI is InChI=1S/C19H22FN3O4/c1-4-11-14(23-18(25)16(11)20)9-27-19-12-8-15(26-3)13(17(24)21-2)7-10(12)5-6-22-19/h5-8,11,14,16H,4,9H2,1-3H3,(H,21,24)(H,23,25)/t11-,14+,16-/m0/s1. The molecule has 2 N–H and O–H groups in total. The van der Waals surface area contributed by atoms with Crippen LogP contribution in [-0.2, 0) is 4.79 Å². The van der Waals surface area contributed by atoms with Crippen molar-refractivity contribution in [1.82, 2.24) is 15.6 Å². The number of nitrogens with one attached hydrogen (secondary N) is 2. The summed E-state index contributed by atoms with van der Waals surface area (Å²) in [5.74, 6) is -0.564. The molecule has 0 radical (unpaired) electrons. The summed E-state index contributed by atoms with van der Waals surface area (Å²) in [5.41, 5.74) is 0.402. The fourth-order valence-corrected chi connectivity index (χ4v) is 3.36. The second kappa shape index (κ2) is 7.77. The minimum absolute atomic E-state index is 0.107. The lowest BCUT2D eigenvalue weighted by Gasteiger charge is -2.19. The second-order valence-electron chi connectivity index (χ2n) is 6.37. The van der Waals surface area contributed by atoms with Crippen LogP contribution < -0.4 is 20.1 Å². The van der Waals surface area contributed by atoms with Crippen LogP contribution in [-0.4, -0.2) is 49.8 Å². The smallest absolute Gasteiger partial charge is 0.255 e. The molecule has 3 atom stereocenters. The molecule has 1 saturated heterocycles. The van der Waals surface area contributed by atoms with E-state index in [0.717, 1.165) is 5.39 Å². The molecule has 8 heteroatoms. The third-order valence-electron chi connectivity index (χ3n) is 4.86. The van der Waals surface area contributed by atoms with Gasteiger partial charge in [-0.15, -0.1) is 0 Å². The number of pyridine rings is 1. The number of hydrogen-bond donors (Lipinski definition) is 2. The van der Waals surface area contributed by atoms with E-state index in [1.165, 1.54) is 7.11 Å². The molecule has 1 aromatic carbocycles. The fourth-order valence-electron chi connectivity index (χ4n) is 3.36. The highest BCUT2D eigenvalue weighted by Crippen LogP contribution is 2.31. The summed E-state index contributed by atoms with van der Waals surface area (Å²) < 4.78 is 25.1. The van der Waals surface area contributed by atoms with E-state index in [4.69, 9.17) is 9.47 Å². The highest BCUT2D eigenvalue weighted by atomic mass is 19.1. The zero-order chi connectivity index (χ0) is 19.6. The van der Waals surface area contributed by atoms with Crippen molar-refractivity contribution in [3.8, 4) is 11.6 Å². The molecule has 27 heavy (non-hydrogen) atoms. The predicted molar refractivity (Wildman–Crippen MR) is 97.8 cm³/mol. The van der Waals surface area contributed by atoms with Crippen LogP contribution in [0.4, 0.5) is 4.39 Å². The number of carbonyl (C=O) groups is 2. The van der Waals surface area contributed by atoms with Gasteiger partial charge in [0.15, 0.2) is 6.17 Å². The first kappa shape index (κ1) is 18.9. The maximum atomic E-state index is 13.9. The topological polar surface area (TPSA) is 89.5 Å². The predicted octanol–water partition coefficient (Wildman–Crippen LogP) is 1.84. The number of aromatic nitrogens is 1. The summed E-state index contributed by atoms with van der Waals surface area (Å²) in [6, 6.07) is 4.73. The first-order chi connectivity index (χ1) is 13.0. The van der Waals surface area contributed by atoms with Gasteiger partial charge in [0.1, 0.15) is 12.4 Å². The number of carbonyl (C=O) groups excluding carboxylic acids is 2. The van der Waals surface area contributed by atoms with Gasteiger partial charge >= 0.3 is 0 Å². The Kier molecular flexibility index (Phi) is 5.43. The van der Waals surface area contributed by atoms with Crippen LogP contribution in [0.5, 0.6) is 11.6 Å². The van der Waals surface area contributed by atoms with E-state index in [1.54, 1.807) is 31.4 Å². The van der Waals surface area contributed by atoms with Gasteiger partial charge < -0.3 is 20.1 Å². The molecule has 1 fully saturated rings. The highest BCUT2D eigenvalue weighted by molar-refractivity contribution is 6.02. The summed E-state index contributed by atoms with van der Waals surface area (Å²) >= 11 is 0.